The van der Waals surface area contributed by atoms with Crippen LogP contribution < -0.4 is 14.2 Å². The maximum Gasteiger partial charge on any atom is 0.410 e. The van der Waals surface area contributed by atoms with Gasteiger partial charge in [-0.2, -0.15) is 0 Å². The summed E-state index contributed by atoms with van der Waals surface area (Å²) in [6.07, 6.45) is 2.76. The lowest BCUT2D eigenvalue weighted by atomic mass is 9.93. The number of carbonyl (C=O) groups is 1. The summed E-state index contributed by atoms with van der Waals surface area (Å²) in [7, 11) is 0. The van der Waals surface area contributed by atoms with Crippen LogP contribution in [0, 0.1) is 11.7 Å². The first-order valence-corrected chi connectivity index (χ1v) is 12.1. The lowest BCUT2D eigenvalue weighted by molar-refractivity contribution is 0.0461. The minimum Gasteiger partial charge on any atom is -0.491 e. The number of piperidine rings is 1. The minimum absolute atomic E-state index is 0.0519. The van der Waals surface area contributed by atoms with Crippen LogP contribution in [0.2, 0.25) is 0 Å². The molecular weight excluding hydrogens is 439 g/mol. The van der Waals surface area contributed by atoms with Gasteiger partial charge in [-0.25, -0.2) is 9.18 Å². The molecular formula is C26H31FN2O5. The van der Waals surface area contributed by atoms with Gasteiger partial charge >= 0.3 is 6.09 Å². The van der Waals surface area contributed by atoms with Crippen molar-refractivity contribution in [2.45, 2.75) is 31.4 Å². The van der Waals surface area contributed by atoms with Crippen molar-refractivity contribution in [3.63, 3.8) is 0 Å². The van der Waals surface area contributed by atoms with Crippen molar-refractivity contribution < 1.29 is 28.1 Å². The molecule has 1 amide bonds. The molecule has 0 saturated carbocycles. The van der Waals surface area contributed by atoms with Crippen LogP contribution in [0.5, 0.6) is 17.2 Å². The van der Waals surface area contributed by atoms with Gasteiger partial charge in [-0.1, -0.05) is 18.2 Å². The fraction of sp³-hybridized carbons (Fsp3) is 0.500. The van der Waals surface area contributed by atoms with E-state index < -0.39 is 0 Å². The molecule has 3 aliphatic heterocycles. The van der Waals surface area contributed by atoms with Crippen LogP contribution >= 0.6 is 0 Å². The summed E-state index contributed by atoms with van der Waals surface area (Å²) in [6, 6.07) is 14.0. The molecule has 2 aromatic rings. The summed E-state index contributed by atoms with van der Waals surface area (Å²) in [5, 5.41) is 0. The van der Waals surface area contributed by atoms with Gasteiger partial charge in [0.1, 0.15) is 43.5 Å². The van der Waals surface area contributed by atoms with E-state index in [9.17, 15) is 9.18 Å². The molecule has 0 unspecified atom stereocenters. The second-order valence-electron chi connectivity index (χ2n) is 9.22. The first kappa shape index (κ1) is 22.8. The van der Waals surface area contributed by atoms with Gasteiger partial charge in [0.05, 0.1) is 0 Å². The zero-order chi connectivity index (χ0) is 23.3. The predicted octanol–water partition coefficient (Wildman–Crippen LogP) is 3.97. The lowest BCUT2D eigenvalue weighted by Gasteiger charge is -2.36. The lowest BCUT2D eigenvalue weighted by Crippen LogP contribution is -2.44. The third-order valence-corrected chi connectivity index (χ3v) is 6.83. The predicted molar refractivity (Wildman–Crippen MR) is 124 cm³/mol. The minimum atomic E-state index is -0.320. The van der Waals surface area contributed by atoms with Crippen molar-refractivity contribution in [2.24, 2.45) is 5.92 Å². The molecule has 0 aromatic heterocycles. The maximum atomic E-state index is 13.5. The number of carbonyl (C=O) groups excluding carboxylic acids is 1. The van der Waals surface area contributed by atoms with Crippen molar-refractivity contribution in [1.82, 2.24) is 9.80 Å². The Hall–Kier alpha value is -3.00. The summed E-state index contributed by atoms with van der Waals surface area (Å²) in [6.45, 7) is 4.69. The van der Waals surface area contributed by atoms with Crippen LogP contribution in [-0.2, 0) is 4.74 Å². The number of benzene rings is 2. The summed E-state index contributed by atoms with van der Waals surface area (Å²) in [5.74, 6) is 2.13. The highest BCUT2D eigenvalue weighted by Crippen LogP contribution is 2.32. The molecule has 0 aliphatic carbocycles. The molecule has 3 aliphatic rings. The standard InChI is InChI=1S/C26H31FN2O5/c27-20-6-7-24-25(14-20)34-23(18-32-24)15-28-11-8-19(9-12-28)10-13-29-21(17-33-26(29)30)16-31-22-4-2-1-3-5-22/h1-7,14,19,21,23H,8-13,15-18H2/t21-,23+/m1/s1. The van der Waals surface area contributed by atoms with Crippen LogP contribution in [0.4, 0.5) is 9.18 Å². The number of cyclic esters (lactones) is 1. The molecule has 0 spiro atoms. The van der Waals surface area contributed by atoms with E-state index in [1.807, 2.05) is 35.2 Å². The van der Waals surface area contributed by atoms with E-state index in [1.54, 1.807) is 6.07 Å². The summed E-state index contributed by atoms with van der Waals surface area (Å²) >= 11 is 0. The van der Waals surface area contributed by atoms with Gasteiger partial charge in [0.15, 0.2) is 11.5 Å². The quantitative estimate of drug-likeness (QED) is 0.582. The van der Waals surface area contributed by atoms with Crippen molar-refractivity contribution >= 4 is 6.09 Å². The Morgan fingerprint density at radius 3 is 2.65 bits per heavy atom. The molecule has 7 nitrogen and oxygen atoms in total. The highest BCUT2D eigenvalue weighted by molar-refractivity contribution is 5.70. The Balaban J connectivity index is 1.04. The Labute approximate surface area is 199 Å². The molecule has 0 bridgehead atoms. The molecule has 0 N–H and O–H groups in total. The first-order chi connectivity index (χ1) is 16.6. The van der Waals surface area contributed by atoms with Crippen LogP contribution in [0.25, 0.3) is 0 Å². The fourth-order valence-electron chi connectivity index (χ4n) is 4.86. The van der Waals surface area contributed by atoms with Gasteiger partial charge in [0, 0.05) is 19.2 Å². The van der Waals surface area contributed by atoms with Crippen molar-refractivity contribution in [1.29, 1.82) is 0 Å². The van der Waals surface area contributed by atoms with Crippen molar-refractivity contribution in [3.8, 4) is 17.2 Å². The third kappa shape index (κ3) is 5.55. The van der Waals surface area contributed by atoms with E-state index >= 15 is 0 Å². The van der Waals surface area contributed by atoms with Gasteiger partial charge in [-0.3, -0.25) is 9.80 Å². The summed E-state index contributed by atoms with van der Waals surface area (Å²) < 4.78 is 36.3. The van der Waals surface area contributed by atoms with Gasteiger partial charge < -0.3 is 18.9 Å². The van der Waals surface area contributed by atoms with Gasteiger partial charge in [-0.15, -0.1) is 0 Å². The largest absolute Gasteiger partial charge is 0.491 e. The first-order valence-electron chi connectivity index (χ1n) is 12.1. The molecule has 2 atom stereocenters. The maximum absolute atomic E-state index is 13.5. The number of fused-ring (bicyclic) bond motifs is 1. The highest BCUT2D eigenvalue weighted by Gasteiger charge is 2.34. The Kier molecular flexibility index (Phi) is 7.04. The van der Waals surface area contributed by atoms with Gasteiger partial charge in [0.2, 0.25) is 0 Å². The van der Waals surface area contributed by atoms with Gasteiger partial charge in [0.25, 0.3) is 0 Å². The number of rotatable bonds is 8. The molecule has 182 valence electrons. The average Bonchev–Trinajstić information content (AvgIpc) is 3.22. The molecule has 34 heavy (non-hydrogen) atoms. The van der Waals surface area contributed by atoms with E-state index in [2.05, 4.69) is 4.90 Å². The highest BCUT2D eigenvalue weighted by atomic mass is 19.1. The molecule has 2 fully saturated rings. The van der Waals surface area contributed by atoms with E-state index in [1.165, 1.54) is 12.1 Å². The van der Waals surface area contributed by atoms with Crippen molar-refractivity contribution in [3.05, 3.63) is 54.3 Å². The number of hydrogen-bond donors (Lipinski definition) is 0. The Morgan fingerprint density at radius 2 is 1.82 bits per heavy atom. The zero-order valence-corrected chi connectivity index (χ0v) is 19.2. The van der Waals surface area contributed by atoms with E-state index in [-0.39, 0.29) is 24.1 Å². The number of nitrogens with zero attached hydrogens (tertiary/aromatic N) is 2. The van der Waals surface area contributed by atoms with Crippen molar-refractivity contribution in [2.75, 3.05) is 46.0 Å². The van der Waals surface area contributed by atoms with E-state index in [0.717, 1.165) is 44.6 Å². The number of hydrogen-bond acceptors (Lipinski definition) is 6. The zero-order valence-electron chi connectivity index (χ0n) is 19.2. The van der Waals surface area contributed by atoms with Crippen LogP contribution in [-0.4, -0.2) is 74.0 Å². The van der Waals surface area contributed by atoms with Crippen LogP contribution in [0.15, 0.2) is 48.5 Å². The molecule has 5 rings (SSSR count). The number of amides is 1. The number of ether oxygens (including phenoxy) is 4. The number of para-hydroxylation sites is 1. The topological polar surface area (TPSA) is 60.5 Å². The molecule has 3 heterocycles. The second-order valence-corrected chi connectivity index (χ2v) is 9.22. The smallest absolute Gasteiger partial charge is 0.410 e. The Bertz CT molecular complexity index is 967. The number of halogens is 1. The summed E-state index contributed by atoms with van der Waals surface area (Å²) in [4.78, 5) is 16.4. The second kappa shape index (κ2) is 10.5. The number of likely N-dealkylation sites (tertiary alicyclic amines) is 1. The third-order valence-electron chi connectivity index (χ3n) is 6.83. The molecule has 2 aromatic carbocycles. The van der Waals surface area contributed by atoms with E-state index in [0.29, 0.717) is 43.8 Å². The van der Waals surface area contributed by atoms with Gasteiger partial charge in [-0.05, 0) is 62.5 Å². The Morgan fingerprint density at radius 1 is 1.00 bits per heavy atom. The van der Waals surface area contributed by atoms with Crippen LogP contribution in [0.3, 0.4) is 0 Å². The fourth-order valence-corrected chi connectivity index (χ4v) is 4.86. The monoisotopic (exact) mass is 470 g/mol. The van der Waals surface area contributed by atoms with Crippen LogP contribution in [0.1, 0.15) is 19.3 Å². The molecule has 8 heteroatoms. The SMILES string of the molecule is O=C1OC[C@@H](COc2ccccc2)N1CCC1CCN(C[C@H]2COc3ccc(F)cc3O2)CC1. The summed E-state index contributed by atoms with van der Waals surface area (Å²) in [5.41, 5.74) is 0. The average molecular weight is 471 g/mol. The normalized spacial score (nSPS) is 23.1. The molecule has 0 radical (unpaired) electrons. The molecule has 2 saturated heterocycles. The van der Waals surface area contributed by atoms with E-state index in [4.69, 9.17) is 18.9 Å².